The number of likely N-dealkylation sites (N-methyl/N-ethyl adjacent to an activating group) is 1. The predicted molar refractivity (Wildman–Crippen MR) is 86.4 cm³/mol. The van der Waals surface area contributed by atoms with Gasteiger partial charge in [0.15, 0.2) is 5.72 Å². The molecule has 2 heterocycles. The molecule has 1 saturated heterocycles. The van der Waals surface area contributed by atoms with Crippen molar-refractivity contribution in [2.45, 2.75) is 31.9 Å². The minimum absolute atomic E-state index is 0.0350. The molecule has 1 aromatic carbocycles. The molecule has 7 heteroatoms. The molecule has 2 aliphatic heterocycles. The molecule has 0 bridgehead atoms. The Balaban J connectivity index is 1.74. The minimum atomic E-state index is -0.892. The van der Waals surface area contributed by atoms with Crippen LogP contribution < -0.4 is 15.4 Å². The molecule has 1 unspecified atom stereocenters. The van der Waals surface area contributed by atoms with E-state index < -0.39 is 5.72 Å². The molecule has 3 amide bonds. The smallest absolute Gasteiger partial charge is 0.258 e. The van der Waals surface area contributed by atoms with Gasteiger partial charge in [-0.3, -0.25) is 14.4 Å². The Hall–Kier alpha value is -2.57. The van der Waals surface area contributed by atoms with E-state index in [1.165, 1.54) is 4.90 Å². The van der Waals surface area contributed by atoms with Gasteiger partial charge in [-0.05, 0) is 19.1 Å². The van der Waals surface area contributed by atoms with Gasteiger partial charge in [-0.1, -0.05) is 12.1 Å². The summed E-state index contributed by atoms with van der Waals surface area (Å²) >= 11 is 0. The van der Waals surface area contributed by atoms with E-state index in [2.05, 4.69) is 10.6 Å². The summed E-state index contributed by atoms with van der Waals surface area (Å²) in [6.07, 6.45) is 1.05. The van der Waals surface area contributed by atoms with Crippen molar-refractivity contribution in [3.8, 4) is 5.75 Å². The second kappa shape index (κ2) is 6.51. The van der Waals surface area contributed by atoms with E-state index in [9.17, 15) is 14.4 Å². The number of nitrogens with zero attached hydrogens (tertiary/aromatic N) is 1. The zero-order valence-electron chi connectivity index (χ0n) is 13.6. The van der Waals surface area contributed by atoms with Crippen molar-refractivity contribution in [1.29, 1.82) is 0 Å². The Morgan fingerprint density at radius 1 is 1.33 bits per heavy atom. The molecular weight excluding hydrogens is 310 g/mol. The van der Waals surface area contributed by atoms with Crippen molar-refractivity contribution in [3.05, 3.63) is 29.8 Å². The molecule has 0 aliphatic carbocycles. The third kappa shape index (κ3) is 3.20. The summed E-state index contributed by atoms with van der Waals surface area (Å²) in [5, 5.41) is 5.60. The van der Waals surface area contributed by atoms with Crippen molar-refractivity contribution >= 4 is 17.7 Å². The van der Waals surface area contributed by atoms with Crippen LogP contribution in [0.25, 0.3) is 0 Å². The summed E-state index contributed by atoms with van der Waals surface area (Å²) < 4.78 is 6.05. The topological polar surface area (TPSA) is 87.7 Å². The molecule has 0 saturated carbocycles. The highest BCUT2D eigenvalue weighted by molar-refractivity contribution is 5.98. The van der Waals surface area contributed by atoms with E-state index in [0.29, 0.717) is 37.2 Å². The lowest BCUT2D eigenvalue weighted by Gasteiger charge is -2.38. The fourth-order valence-corrected chi connectivity index (χ4v) is 3.11. The number of likely N-dealkylation sites (tertiary alicyclic amines) is 1. The molecule has 24 heavy (non-hydrogen) atoms. The van der Waals surface area contributed by atoms with Gasteiger partial charge in [0.25, 0.3) is 5.91 Å². The third-order valence-electron chi connectivity index (χ3n) is 4.37. The number of benzene rings is 1. The first-order valence-electron chi connectivity index (χ1n) is 8.18. The first-order valence-corrected chi connectivity index (χ1v) is 8.18. The molecule has 1 atom stereocenters. The monoisotopic (exact) mass is 331 g/mol. The summed E-state index contributed by atoms with van der Waals surface area (Å²) in [4.78, 5) is 37.9. The molecule has 1 fully saturated rings. The summed E-state index contributed by atoms with van der Waals surface area (Å²) in [7, 11) is 0. The summed E-state index contributed by atoms with van der Waals surface area (Å²) in [5.41, 5.74) is -0.394. The molecule has 2 N–H and O–H groups in total. The molecule has 2 aliphatic rings. The van der Waals surface area contributed by atoms with Gasteiger partial charge < -0.3 is 20.3 Å². The van der Waals surface area contributed by atoms with Gasteiger partial charge >= 0.3 is 0 Å². The number of hydrogen-bond donors (Lipinski definition) is 2. The lowest BCUT2D eigenvalue weighted by atomic mass is 10.0. The second-order valence-electron chi connectivity index (χ2n) is 6.07. The van der Waals surface area contributed by atoms with Gasteiger partial charge in [-0.2, -0.15) is 0 Å². The standard InChI is InChI=1S/C17H21N3O4/c1-2-18-14(21)11-20-10-9-17(8-7-15(20)22)19-16(23)12-5-3-4-6-13(12)24-17/h3-6H,2,7-11H2,1H3,(H,18,21)(H,19,23). The van der Waals surface area contributed by atoms with E-state index in [0.717, 1.165) is 0 Å². The van der Waals surface area contributed by atoms with Crippen LogP contribution in [0.3, 0.4) is 0 Å². The maximum absolute atomic E-state index is 12.3. The van der Waals surface area contributed by atoms with Gasteiger partial charge in [-0.15, -0.1) is 0 Å². The molecule has 1 aromatic rings. The average Bonchev–Trinajstić information content (AvgIpc) is 2.69. The number of rotatable bonds is 3. The minimum Gasteiger partial charge on any atom is -0.467 e. The van der Waals surface area contributed by atoms with Crippen molar-refractivity contribution in [1.82, 2.24) is 15.5 Å². The van der Waals surface area contributed by atoms with Gasteiger partial charge in [0, 0.05) is 32.4 Å². The van der Waals surface area contributed by atoms with E-state index in [4.69, 9.17) is 4.74 Å². The lowest BCUT2D eigenvalue weighted by Crippen LogP contribution is -2.56. The van der Waals surface area contributed by atoms with Crippen LogP contribution in [0.5, 0.6) is 5.75 Å². The van der Waals surface area contributed by atoms with Crippen molar-refractivity contribution in [2.75, 3.05) is 19.6 Å². The van der Waals surface area contributed by atoms with E-state index >= 15 is 0 Å². The number of para-hydroxylation sites is 1. The fraction of sp³-hybridized carbons (Fsp3) is 0.471. The number of hydrogen-bond acceptors (Lipinski definition) is 4. The summed E-state index contributed by atoms with van der Waals surface area (Å²) in [6.45, 7) is 2.76. The largest absolute Gasteiger partial charge is 0.467 e. The molecule has 0 radical (unpaired) electrons. The molecule has 0 aromatic heterocycles. The number of amides is 3. The Morgan fingerprint density at radius 3 is 2.92 bits per heavy atom. The quantitative estimate of drug-likeness (QED) is 0.851. The number of ether oxygens (including phenoxy) is 1. The zero-order chi connectivity index (χ0) is 17.2. The van der Waals surface area contributed by atoms with Crippen LogP contribution in [-0.4, -0.2) is 48.0 Å². The molecule has 128 valence electrons. The number of nitrogens with one attached hydrogen (secondary N) is 2. The zero-order valence-corrected chi connectivity index (χ0v) is 13.6. The van der Waals surface area contributed by atoms with Crippen LogP contribution in [0.4, 0.5) is 0 Å². The van der Waals surface area contributed by atoms with Crippen molar-refractivity contribution in [3.63, 3.8) is 0 Å². The second-order valence-corrected chi connectivity index (χ2v) is 6.07. The highest BCUT2D eigenvalue weighted by Crippen LogP contribution is 2.33. The van der Waals surface area contributed by atoms with E-state index in [-0.39, 0.29) is 30.7 Å². The molecule has 1 spiro atoms. The predicted octanol–water partition coefficient (Wildman–Crippen LogP) is 0.654. The lowest BCUT2D eigenvalue weighted by molar-refractivity contribution is -0.135. The van der Waals surface area contributed by atoms with Gasteiger partial charge in [0.05, 0.1) is 12.1 Å². The number of carbonyl (C=O) groups is 3. The summed E-state index contributed by atoms with van der Waals surface area (Å²) in [5.74, 6) is 0.0583. The van der Waals surface area contributed by atoms with Crippen molar-refractivity contribution in [2.24, 2.45) is 0 Å². The first-order chi connectivity index (χ1) is 11.5. The summed E-state index contributed by atoms with van der Waals surface area (Å²) in [6, 6.07) is 7.06. The van der Waals surface area contributed by atoms with Crippen LogP contribution in [0.1, 0.15) is 36.5 Å². The van der Waals surface area contributed by atoms with Crippen LogP contribution in [0, 0.1) is 0 Å². The van der Waals surface area contributed by atoms with Crippen LogP contribution >= 0.6 is 0 Å². The number of fused-ring (bicyclic) bond motifs is 1. The Bertz CT molecular complexity index is 676. The normalized spacial score (nSPS) is 23.1. The van der Waals surface area contributed by atoms with E-state index in [1.54, 1.807) is 18.2 Å². The van der Waals surface area contributed by atoms with Crippen LogP contribution in [0.15, 0.2) is 24.3 Å². The Morgan fingerprint density at radius 2 is 2.12 bits per heavy atom. The van der Waals surface area contributed by atoms with Gasteiger partial charge in [-0.25, -0.2) is 0 Å². The highest BCUT2D eigenvalue weighted by atomic mass is 16.5. The third-order valence-corrected chi connectivity index (χ3v) is 4.37. The first kappa shape index (κ1) is 16.3. The maximum Gasteiger partial charge on any atom is 0.258 e. The number of carbonyl (C=O) groups excluding carboxylic acids is 3. The molecular formula is C17H21N3O4. The van der Waals surface area contributed by atoms with Gasteiger partial charge in [0.2, 0.25) is 11.8 Å². The molecule has 3 rings (SSSR count). The van der Waals surface area contributed by atoms with Crippen molar-refractivity contribution < 1.29 is 19.1 Å². The Kier molecular flexibility index (Phi) is 4.42. The Labute approximate surface area is 140 Å². The van der Waals surface area contributed by atoms with Gasteiger partial charge in [0.1, 0.15) is 5.75 Å². The fourth-order valence-electron chi connectivity index (χ4n) is 3.11. The van der Waals surface area contributed by atoms with Crippen LogP contribution in [-0.2, 0) is 9.59 Å². The average molecular weight is 331 g/mol. The SMILES string of the molecule is CCNC(=O)CN1CCC2(CCC1=O)NC(=O)c1ccccc1O2. The van der Waals surface area contributed by atoms with E-state index in [1.807, 2.05) is 13.0 Å². The van der Waals surface area contributed by atoms with Crippen LogP contribution in [0.2, 0.25) is 0 Å². The maximum atomic E-state index is 12.3. The highest BCUT2D eigenvalue weighted by Gasteiger charge is 2.42. The molecule has 7 nitrogen and oxygen atoms in total.